The number of phenolic OH excluding ortho intramolecular Hbond substituents is 1. The molecule has 5 rings (SSSR count). The molecule has 1 fully saturated rings. The van der Waals surface area contributed by atoms with E-state index in [1.165, 1.54) is 35.7 Å². The van der Waals surface area contributed by atoms with Gasteiger partial charge in [-0.2, -0.15) is 0 Å². The van der Waals surface area contributed by atoms with Crippen molar-refractivity contribution in [3.8, 4) is 5.75 Å². The van der Waals surface area contributed by atoms with Crippen LogP contribution in [0, 0.1) is 0 Å². The second-order valence-corrected chi connectivity index (χ2v) is 10.1. The molecule has 0 aliphatic carbocycles. The fourth-order valence-electron chi connectivity index (χ4n) is 3.98. The zero-order valence-electron chi connectivity index (χ0n) is 17.6. The number of aliphatic hydroxyl groups is 1. The van der Waals surface area contributed by atoms with Gasteiger partial charge in [-0.15, -0.1) is 0 Å². The Balaban J connectivity index is 1.51. The molecule has 5 atom stereocenters. The molecule has 14 heteroatoms. The molecule has 1 aliphatic heterocycles. The van der Waals surface area contributed by atoms with Gasteiger partial charge in [0, 0.05) is 34.2 Å². The molecule has 1 unspecified atom stereocenters. The van der Waals surface area contributed by atoms with Crippen molar-refractivity contribution in [1.29, 1.82) is 0 Å². The van der Waals surface area contributed by atoms with E-state index in [0.29, 0.717) is 26.5 Å². The Kier molecular flexibility index (Phi) is 5.75. The van der Waals surface area contributed by atoms with Crippen molar-refractivity contribution in [3.63, 3.8) is 0 Å². The summed E-state index contributed by atoms with van der Waals surface area (Å²) >= 11 is 3.23. The summed E-state index contributed by atoms with van der Waals surface area (Å²) in [4.78, 5) is 28.4. The third kappa shape index (κ3) is 3.81. The highest BCUT2D eigenvalue weighted by molar-refractivity contribution is 9.10. The van der Waals surface area contributed by atoms with Gasteiger partial charge in [0.25, 0.3) is 0 Å². The third-order valence-corrected chi connectivity index (χ3v) is 7.02. The number of nitrogen functional groups attached to an aromatic ring is 1. The van der Waals surface area contributed by atoms with E-state index < -0.39 is 41.3 Å². The maximum atomic E-state index is 13.1. The van der Waals surface area contributed by atoms with Gasteiger partial charge >= 0.3 is 5.97 Å². The molecule has 178 valence electrons. The number of H-pyrrole nitrogens is 1. The zero-order chi connectivity index (χ0) is 24.1. The Morgan fingerprint density at radius 1 is 1.38 bits per heavy atom. The number of phenols is 1. The summed E-state index contributed by atoms with van der Waals surface area (Å²) in [5.41, 5.74) is 7.28. The van der Waals surface area contributed by atoms with Crippen LogP contribution < -0.4 is 5.73 Å². The van der Waals surface area contributed by atoms with Crippen LogP contribution in [0.3, 0.4) is 0 Å². The molecule has 3 aromatic heterocycles. The number of rotatable bonds is 5. The molecule has 4 aromatic rings. The lowest BCUT2D eigenvalue weighted by Crippen LogP contribution is -2.37. The van der Waals surface area contributed by atoms with Crippen LogP contribution in [-0.4, -0.2) is 75.2 Å². The average Bonchev–Trinajstić information content (AvgIpc) is 3.46. The number of ether oxygens (including phenoxy) is 2. The van der Waals surface area contributed by atoms with Gasteiger partial charge in [-0.05, 0) is 28.1 Å². The number of hydrogen-bond donors (Lipinski definition) is 4. The number of aromatic nitrogens is 5. The lowest BCUT2D eigenvalue weighted by atomic mass is 10.1. The number of nitrogens with one attached hydrogen (secondary N) is 1. The predicted molar refractivity (Wildman–Crippen MR) is 125 cm³/mol. The highest BCUT2D eigenvalue weighted by atomic mass is 79.9. The molecule has 0 radical (unpaired) electrons. The van der Waals surface area contributed by atoms with Crippen molar-refractivity contribution in [3.05, 3.63) is 41.0 Å². The maximum Gasteiger partial charge on any atom is 0.340 e. The normalized spacial score (nSPS) is 23.5. The number of carbonyl (C=O) groups excluding carboxylic acids is 1. The minimum absolute atomic E-state index is 0.0322. The Bertz CT molecular complexity index is 1440. The van der Waals surface area contributed by atoms with Crippen LogP contribution in [0.5, 0.6) is 5.75 Å². The number of benzene rings is 1. The molecule has 0 saturated carbocycles. The topological polar surface area (TPSA) is 178 Å². The first kappa shape index (κ1) is 22.7. The fourth-order valence-corrected chi connectivity index (χ4v) is 5.06. The van der Waals surface area contributed by atoms with E-state index in [4.69, 9.17) is 15.2 Å². The van der Waals surface area contributed by atoms with E-state index in [2.05, 4.69) is 35.9 Å². The molecule has 12 nitrogen and oxygen atoms in total. The van der Waals surface area contributed by atoms with Crippen molar-refractivity contribution >= 4 is 60.6 Å². The molecule has 4 heterocycles. The van der Waals surface area contributed by atoms with Crippen LogP contribution in [-0.2, 0) is 20.3 Å². The number of imidazole rings is 1. The summed E-state index contributed by atoms with van der Waals surface area (Å²) in [5.74, 6) is -0.602. The van der Waals surface area contributed by atoms with Crippen molar-refractivity contribution in [1.82, 2.24) is 24.5 Å². The van der Waals surface area contributed by atoms with E-state index in [1.807, 2.05) is 0 Å². The van der Waals surface area contributed by atoms with E-state index in [9.17, 15) is 19.2 Å². The molecule has 1 aliphatic rings. The number of esters is 1. The molecule has 0 spiro atoms. The van der Waals surface area contributed by atoms with Crippen LogP contribution in [0.1, 0.15) is 16.6 Å². The largest absolute Gasteiger partial charge is 0.507 e. The summed E-state index contributed by atoms with van der Waals surface area (Å²) in [5, 5.41) is 21.4. The summed E-state index contributed by atoms with van der Waals surface area (Å²) in [7, 11) is -1.28. The van der Waals surface area contributed by atoms with E-state index >= 15 is 0 Å². The number of carbonyl (C=O) groups is 1. The Morgan fingerprint density at radius 2 is 2.18 bits per heavy atom. The van der Waals surface area contributed by atoms with Crippen molar-refractivity contribution < 1.29 is 28.7 Å². The number of hydrogen-bond acceptors (Lipinski definition) is 10. The van der Waals surface area contributed by atoms with E-state index in [-0.39, 0.29) is 22.9 Å². The molecule has 0 amide bonds. The number of fused-ring (bicyclic) bond motifs is 2. The lowest BCUT2D eigenvalue weighted by Gasteiger charge is -2.21. The van der Waals surface area contributed by atoms with Gasteiger partial charge in [-0.3, -0.25) is 8.78 Å². The van der Waals surface area contributed by atoms with Gasteiger partial charge in [0.1, 0.15) is 29.8 Å². The number of nitrogens with zero attached hydrogens (tertiary/aromatic N) is 4. The van der Waals surface area contributed by atoms with Gasteiger partial charge in [-0.1, -0.05) is 0 Å². The van der Waals surface area contributed by atoms with Crippen molar-refractivity contribution in [2.45, 2.75) is 24.5 Å². The molecule has 0 bridgehead atoms. The molecular formula is C20H19BrN6O6S. The number of aromatic amines is 1. The van der Waals surface area contributed by atoms with E-state index in [1.54, 1.807) is 6.07 Å². The van der Waals surface area contributed by atoms with E-state index in [0.717, 1.165) is 0 Å². The standard InChI is InChI=1S/C20H19BrN6O6S/c1-34(31)5-13-15(29)16(19(32-13)27-7-26-14-17(22)24-6-25-18(14)27)33-20(30)9-4-23-11-3-10(21)12(28)2-8(9)11/h2-4,6-7,13,15-16,19,23,28-29H,5H2,1H3,(H2,22,24,25)/t13-,15-,16-,19-,34?/m1/s1. The number of anilines is 1. The summed E-state index contributed by atoms with van der Waals surface area (Å²) < 4.78 is 25.5. The van der Waals surface area contributed by atoms with Gasteiger partial charge in [-0.25, -0.2) is 19.7 Å². The Morgan fingerprint density at radius 3 is 2.94 bits per heavy atom. The second-order valence-electron chi connectivity index (χ2n) is 7.80. The van der Waals surface area contributed by atoms with Crippen LogP contribution in [0.15, 0.2) is 35.5 Å². The SMILES string of the molecule is CS(=O)C[C@H]1O[C@@H](n2cnc3c(N)ncnc32)[C@H](OC(=O)c2c[nH]c3cc(Br)c(O)cc23)[C@@H]1O. The maximum absolute atomic E-state index is 13.1. The quantitative estimate of drug-likeness (QED) is 0.264. The van der Waals surface area contributed by atoms with Gasteiger partial charge in [0.2, 0.25) is 0 Å². The second kappa shape index (κ2) is 8.61. The number of aliphatic hydroxyl groups excluding tert-OH is 1. The van der Waals surface area contributed by atoms with Crippen LogP contribution in [0.4, 0.5) is 5.82 Å². The molecular weight excluding hydrogens is 532 g/mol. The van der Waals surface area contributed by atoms with Crippen LogP contribution in [0.2, 0.25) is 0 Å². The van der Waals surface area contributed by atoms with Crippen LogP contribution in [0.25, 0.3) is 22.1 Å². The molecule has 34 heavy (non-hydrogen) atoms. The number of halogens is 1. The first-order valence-corrected chi connectivity index (χ1v) is 12.5. The van der Waals surface area contributed by atoms with Crippen molar-refractivity contribution in [2.75, 3.05) is 17.7 Å². The minimum Gasteiger partial charge on any atom is -0.507 e. The predicted octanol–water partition coefficient (Wildman–Crippen LogP) is 1.22. The number of nitrogens with two attached hydrogens (primary N) is 1. The summed E-state index contributed by atoms with van der Waals surface area (Å²) in [6, 6.07) is 3.06. The molecule has 5 N–H and O–H groups in total. The molecule has 1 aromatic carbocycles. The summed E-state index contributed by atoms with van der Waals surface area (Å²) in [6.45, 7) is 0. The Hall–Kier alpha value is -3.07. The monoisotopic (exact) mass is 550 g/mol. The fraction of sp³-hybridized carbons (Fsp3) is 0.300. The Labute approximate surface area is 202 Å². The number of aromatic hydroxyl groups is 1. The highest BCUT2D eigenvalue weighted by Gasteiger charge is 2.48. The van der Waals surface area contributed by atoms with Gasteiger partial charge < -0.3 is 30.4 Å². The highest BCUT2D eigenvalue weighted by Crippen LogP contribution is 2.36. The van der Waals surface area contributed by atoms with Crippen LogP contribution >= 0.6 is 15.9 Å². The van der Waals surface area contributed by atoms with Gasteiger partial charge in [0.15, 0.2) is 23.8 Å². The first-order valence-electron chi connectivity index (χ1n) is 10.0. The van der Waals surface area contributed by atoms with Crippen molar-refractivity contribution in [2.24, 2.45) is 0 Å². The zero-order valence-corrected chi connectivity index (χ0v) is 20.0. The minimum atomic E-state index is -1.28. The molecule has 1 saturated heterocycles. The first-order chi connectivity index (χ1) is 16.2. The van der Waals surface area contributed by atoms with Gasteiger partial charge in [0.05, 0.1) is 22.1 Å². The smallest absolute Gasteiger partial charge is 0.340 e. The third-order valence-electron chi connectivity index (χ3n) is 5.59. The summed E-state index contributed by atoms with van der Waals surface area (Å²) in [6.07, 6.45) is 1.27. The lowest BCUT2D eigenvalue weighted by molar-refractivity contribution is -0.0450. The average molecular weight is 551 g/mol.